The van der Waals surface area contributed by atoms with Crippen LogP contribution in [-0.4, -0.2) is 35.0 Å². The van der Waals surface area contributed by atoms with E-state index in [2.05, 4.69) is 15.6 Å². The second kappa shape index (κ2) is 11.2. The summed E-state index contributed by atoms with van der Waals surface area (Å²) in [5.74, 6) is -1.12. The number of hydrogen-bond donors (Lipinski definition) is 3. The number of anilines is 4. The predicted molar refractivity (Wildman–Crippen MR) is 152 cm³/mol. The Labute approximate surface area is 236 Å². The Balaban J connectivity index is 1.25. The molecular formula is C27H19ClN5O6S-. The topological polar surface area (TPSA) is 147 Å². The van der Waals surface area contributed by atoms with Crippen molar-refractivity contribution in [2.45, 2.75) is 0 Å². The van der Waals surface area contributed by atoms with Crippen molar-refractivity contribution in [3.8, 4) is 17.0 Å². The van der Waals surface area contributed by atoms with Crippen molar-refractivity contribution < 1.29 is 24.3 Å². The van der Waals surface area contributed by atoms with E-state index in [0.717, 1.165) is 4.90 Å². The second-order valence-electron chi connectivity index (χ2n) is 8.35. The molecular weight excluding hydrogens is 558 g/mol. The standard InChI is InChI=1S/C27H19ClN5O6S/c1-39-20-11-9-18(10-12-20)32-25(35)22(28)23(26(32)36)29-17-7-5-15(6-8-17)24(34)31-27-30-21(14-40-27)16-3-2-4-19(13-16)33(37)38/h2-14,29,37H,1H3,(H,30,31,34)/q-1. The van der Waals surface area contributed by atoms with Crippen LogP contribution in [-0.2, 0) is 9.59 Å². The number of carbonyl (C=O) groups excluding carboxylic acids is 3. The molecule has 0 aliphatic carbocycles. The van der Waals surface area contributed by atoms with E-state index in [4.69, 9.17) is 21.5 Å². The van der Waals surface area contributed by atoms with E-state index in [1.807, 2.05) is 0 Å². The molecule has 0 atom stereocenters. The molecule has 3 N–H and O–H groups in total. The van der Waals surface area contributed by atoms with Crippen LogP contribution in [0.25, 0.3) is 11.3 Å². The van der Waals surface area contributed by atoms with Gasteiger partial charge in [-0.05, 0) is 60.7 Å². The number of aromatic nitrogens is 1. The van der Waals surface area contributed by atoms with Crippen molar-refractivity contribution in [2.75, 3.05) is 27.9 Å². The third-order valence-corrected chi connectivity index (χ3v) is 6.97. The highest BCUT2D eigenvalue weighted by Gasteiger charge is 2.39. The van der Waals surface area contributed by atoms with Crippen LogP contribution in [0, 0.1) is 5.21 Å². The molecule has 13 heteroatoms. The molecule has 0 saturated heterocycles. The molecule has 3 amide bonds. The van der Waals surface area contributed by atoms with Gasteiger partial charge in [-0.3, -0.25) is 24.9 Å². The summed E-state index contributed by atoms with van der Waals surface area (Å²) in [5.41, 5.74) is 2.19. The summed E-state index contributed by atoms with van der Waals surface area (Å²) in [6.45, 7) is 0. The van der Waals surface area contributed by atoms with Crippen molar-refractivity contribution in [1.29, 1.82) is 0 Å². The van der Waals surface area contributed by atoms with E-state index in [9.17, 15) is 19.6 Å². The molecule has 3 aromatic carbocycles. The highest BCUT2D eigenvalue weighted by Crippen LogP contribution is 2.31. The predicted octanol–water partition coefficient (Wildman–Crippen LogP) is 5.20. The lowest BCUT2D eigenvalue weighted by Crippen LogP contribution is -2.32. The normalized spacial score (nSPS) is 13.1. The van der Waals surface area contributed by atoms with Crippen LogP contribution in [0.1, 0.15) is 10.4 Å². The van der Waals surface area contributed by atoms with Gasteiger partial charge >= 0.3 is 0 Å². The van der Waals surface area contributed by atoms with Crippen molar-refractivity contribution in [2.24, 2.45) is 0 Å². The maximum absolute atomic E-state index is 13.0. The van der Waals surface area contributed by atoms with E-state index in [0.29, 0.717) is 39.1 Å². The van der Waals surface area contributed by atoms with E-state index < -0.39 is 17.7 Å². The van der Waals surface area contributed by atoms with Crippen LogP contribution in [0.2, 0.25) is 0 Å². The number of ether oxygens (including phenoxy) is 1. The zero-order chi connectivity index (χ0) is 28.4. The fourth-order valence-electron chi connectivity index (χ4n) is 3.84. The minimum absolute atomic E-state index is 0.0546. The maximum atomic E-state index is 13.0. The smallest absolute Gasteiger partial charge is 0.283 e. The summed E-state index contributed by atoms with van der Waals surface area (Å²) >= 11 is 7.39. The first kappa shape index (κ1) is 26.8. The SMILES string of the molecule is COc1ccc(N2C(=O)C(Cl)=C(Nc3ccc(C(=O)Nc4nc(-c5cccc(N([O-])O)c5)cs4)cc3)C2=O)cc1. The molecule has 5 rings (SSSR count). The number of amides is 3. The molecule has 1 aromatic heterocycles. The number of halogens is 1. The fourth-order valence-corrected chi connectivity index (χ4v) is 4.77. The van der Waals surface area contributed by atoms with Crippen molar-refractivity contribution in [3.63, 3.8) is 0 Å². The number of imide groups is 1. The largest absolute Gasteiger partial charge is 0.733 e. The van der Waals surface area contributed by atoms with Gasteiger partial charge in [-0.2, -0.15) is 0 Å². The zero-order valence-corrected chi connectivity index (χ0v) is 22.2. The van der Waals surface area contributed by atoms with E-state index in [1.54, 1.807) is 53.9 Å². The van der Waals surface area contributed by atoms with E-state index >= 15 is 0 Å². The van der Waals surface area contributed by atoms with Gasteiger partial charge in [-0.15, -0.1) is 11.3 Å². The number of nitrogens with zero attached hydrogens (tertiary/aromatic N) is 3. The highest BCUT2D eigenvalue weighted by molar-refractivity contribution is 7.14. The van der Waals surface area contributed by atoms with Crippen LogP contribution >= 0.6 is 22.9 Å². The molecule has 0 unspecified atom stereocenters. The average molecular weight is 577 g/mol. The molecule has 0 fully saturated rings. The lowest BCUT2D eigenvalue weighted by atomic mass is 10.1. The maximum Gasteiger partial charge on any atom is 0.283 e. The Bertz CT molecular complexity index is 1640. The van der Waals surface area contributed by atoms with Gasteiger partial charge in [0.25, 0.3) is 17.7 Å². The molecule has 0 bridgehead atoms. The summed E-state index contributed by atoms with van der Waals surface area (Å²) in [4.78, 5) is 43.8. The first-order chi connectivity index (χ1) is 19.2. The Morgan fingerprint density at radius 2 is 1.80 bits per heavy atom. The molecule has 0 spiro atoms. The quantitative estimate of drug-likeness (QED) is 0.190. The van der Waals surface area contributed by atoms with Crippen molar-refractivity contribution in [3.05, 3.63) is 99.7 Å². The number of thiazole rings is 1. The first-order valence-electron chi connectivity index (χ1n) is 11.6. The molecule has 11 nitrogen and oxygen atoms in total. The third kappa shape index (κ3) is 5.37. The fraction of sp³-hybridized carbons (Fsp3) is 0.0370. The number of carbonyl (C=O) groups is 3. The molecule has 1 aliphatic rings. The summed E-state index contributed by atoms with van der Waals surface area (Å²) in [7, 11) is 1.51. The molecule has 2 heterocycles. The zero-order valence-electron chi connectivity index (χ0n) is 20.6. The number of rotatable bonds is 8. The number of hydrogen-bond acceptors (Lipinski definition) is 10. The molecule has 0 saturated carbocycles. The monoisotopic (exact) mass is 576 g/mol. The third-order valence-electron chi connectivity index (χ3n) is 5.86. The van der Waals surface area contributed by atoms with Gasteiger partial charge in [0.15, 0.2) is 5.13 Å². The minimum atomic E-state index is -0.661. The summed E-state index contributed by atoms with van der Waals surface area (Å²) in [5, 5.41) is 27.4. The van der Waals surface area contributed by atoms with Crippen LogP contribution in [0.5, 0.6) is 5.75 Å². The molecule has 0 radical (unpaired) electrons. The number of benzene rings is 3. The first-order valence-corrected chi connectivity index (χ1v) is 12.8. The summed E-state index contributed by atoms with van der Waals surface area (Å²) < 4.78 is 5.11. The van der Waals surface area contributed by atoms with E-state index in [1.165, 1.54) is 42.7 Å². The summed E-state index contributed by atoms with van der Waals surface area (Å²) in [6.07, 6.45) is 0. The molecule has 4 aromatic rings. The number of nitrogens with one attached hydrogen (secondary N) is 2. The van der Waals surface area contributed by atoms with Crippen molar-refractivity contribution >= 4 is 62.9 Å². The van der Waals surface area contributed by atoms with Gasteiger partial charge in [0.2, 0.25) is 0 Å². The van der Waals surface area contributed by atoms with Crippen molar-refractivity contribution in [1.82, 2.24) is 4.98 Å². The molecule has 40 heavy (non-hydrogen) atoms. The minimum Gasteiger partial charge on any atom is -0.733 e. The van der Waals surface area contributed by atoms with Gasteiger partial charge < -0.3 is 20.5 Å². The average Bonchev–Trinajstić information content (AvgIpc) is 3.52. The molecule has 1 aliphatic heterocycles. The Kier molecular flexibility index (Phi) is 7.49. The highest BCUT2D eigenvalue weighted by atomic mass is 35.5. The van der Waals surface area contributed by atoms with Gasteiger partial charge in [-0.25, -0.2) is 9.88 Å². The number of methoxy groups -OCH3 is 1. The molecule has 202 valence electrons. The van der Waals surface area contributed by atoms with Gasteiger partial charge in [-0.1, -0.05) is 23.7 Å². The lowest BCUT2D eigenvalue weighted by Gasteiger charge is -2.21. The van der Waals surface area contributed by atoms with E-state index in [-0.39, 0.29) is 21.6 Å². The Hall–Kier alpha value is -4.75. The summed E-state index contributed by atoms with van der Waals surface area (Å²) in [6, 6.07) is 18.9. The van der Waals surface area contributed by atoms with Gasteiger partial charge in [0.05, 0.1) is 24.2 Å². The van der Waals surface area contributed by atoms with Crippen LogP contribution in [0.3, 0.4) is 0 Å². The van der Waals surface area contributed by atoms with Gasteiger partial charge in [0, 0.05) is 22.2 Å². The van der Waals surface area contributed by atoms with Crippen LogP contribution in [0.15, 0.2) is 88.9 Å². The van der Waals surface area contributed by atoms with Crippen LogP contribution < -0.4 is 25.5 Å². The Morgan fingerprint density at radius 1 is 1.07 bits per heavy atom. The second-order valence-corrected chi connectivity index (χ2v) is 9.59. The van der Waals surface area contributed by atoms with Crippen LogP contribution in [0.4, 0.5) is 22.2 Å². The Morgan fingerprint density at radius 3 is 2.48 bits per heavy atom. The van der Waals surface area contributed by atoms with Gasteiger partial charge in [0.1, 0.15) is 16.5 Å². The lowest BCUT2D eigenvalue weighted by molar-refractivity contribution is -0.120.